The summed E-state index contributed by atoms with van der Waals surface area (Å²) >= 11 is 0. The van der Waals surface area contributed by atoms with Crippen LogP contribution in [-0.2, 0) is 14.3 Å². The summed E-state index contributed by atoms with van der Waals surface area (Å²) in [5.74, 6) is -1.18. The standard InChI is InChI=1S/C20H28FN3O4/c1-14(25)24-11-8-15(9-12-24)18(20(27)22-10-3-13-28-2)23-19(26)16-4-6-17(21)7-5-16/h4-7,15,18H,3,8-13H2,1-2H3,(H,22,27)(H,23,26)/t18-/m0/s1. The van der Waals surface area contributed by atoms with Gasteiger partial charge in [0.05, 0.1) is 0 Å². The third-order valence-corrected chi connectivity index (χ3v) is 4.96. The third kappa shape index (κ3) is 6.30. The van der Waals surface area contributed by atoms with E-state index < -0.39 is 17.8 Å². The van der Waals surface area contributed by atoms with E-state index in [4.69, 9.17) is 4.74 Å². The van der Waals surface area contributed by atoms with Gasteiger partial charge in [0, 0.05) is 45.8 Å². The second kappa shape index (κ2) is 10.8. The maximum atomic E-state index is 13.1. The molecule has 0 saturated carbocycles. The molecule has 1 aromatic carbocycles. The fraction of sp³-hybridized carbons (Fsp3) is 0.550. The minimum absolute atomic E-state index is 0.00867. The summed E-state index contributed by atoms with van der Waals surface area (Å²) in [6.07, 6.45) is 1.92. The fourth-order valence-corrected chi connectivity index (χ4v) is 3.31. The monoisotopic (exact) mass is 393 g/mol. The first-order chi connectivity index (χ1) is 13.4. The molecular formula is C20H28FN3O4. The molecule has 1 aliphatic heterocycles. The van der Waals surface area contributed by atoms with Crippen molar-refractivity contribution in [1.82, 2.24) is 15.5 Å². The van der Waals surface area contributed by atoms with Crippen LogP contribution in [0.5, 0.6) is 0 Å². The van der Waals surface area contributed by atoms with E-state index in [1.807, 2.05) is 0 Å². The van der Waals surface area contributed by atoms with Gasteiger partial charge in [-0.05, 0) is 49.4 Å². The first kappa shape index (κ1) is 21.8. The summed E-state index contributed by atoms with van der Waals surface area (Å²) in [5, 5.41) is 5.64. The molecule has 3 amide bonds. The topological polar surface area (TPSA) is 87.7 Å². The van der Waals surface area contributed by atoms with Gasteiger partial charge in [-0.15, -0.1) is 0 Å². The van der Waals surface area contributed by atoms with E-state index in [9.17, 15) is 18.8 Å². The Morgan fingerprint density at radius 3 is 2.43 bits per heavy atom. The van der Waals surface area contributed by atoms with Gasteiger partial charge in [-0.25, -0.2) is 4.39 Å². The van der Waals surface area contributed by atoms with Crippen molar-refractivity contribution < 1.29 is 23.5 Å². The molecule has 154 valence electrons. The van der Waals surface area contributed by atoms with Crippen LogP contribution in [0.1, 0.15) is 36.5 Å². The van der Waals surface area contributed by atoms with Gasteiger partial charge in [0.15, 0.2) is 0 Å². The zero-order valence-corrected chi connectivity index (χ0v) is 16.4. The van der Waals surface area contributed by atoms with Crippen molar-refractivity contribution in [3.05, 3.63) is 35.6 Å². The van der Waals surface area contributed by atoms with Crippen LogP contribution in [0.15, 0.2) is 24.3 Å². The Balaban J connectivity index is 2.05. The predicted octanol–water partition coefficient (Wildman–Crippen LogP) is 1.34. The van der Waals surface area contributed by atoms with Crippen LogP contribution >= 0.6 is 0 Å². The zero-order chi connectivity index (χ0) is 20.5. The molecule has 0 unspecified atom stereocenters. The Morgan fingerprint density at radius 1 is 1.21 bits per heavy atom. The molecule has 2 N–H and O–H groups in total. The number of hydrogen-bond acceptors (Lipinski definition) is 4. The van der Waals surface area contributed by atoms with Crippen molar-refractivity contribution in [2.75, 3.05) is 33.4 Å². The van der Waals surface area contributed by atoms with E-state index in [1.54, 1.807) is 12.0 Å². The normalized spacial score (nSPS) is 15.8. The summed E-state index contributed by atoms with van der Waals surface area (Å²) < 4.78 is 18.1. The summed E-state index contributed by atoms with van der Waals surface area (Å²) in [6, 6.07) is 4.47. The number of likely N-dealkylation sites (tertiary alicyclic amines) is 1. The van der Waals surface area contributed by atoms with Crippen molar-refractivity contribution in [3.63, 3.8) is 0 Å². The minimum atomic E-state index is -0.714. The van der Waals surface area contributed by atoms with Gasteiger partial charge in [0.25, 0.3) is 5.91 Å². The molecule has 0 aliphatic carbocycles. The number of piperidine rings is 1. The van der Waals surface area contributed by atoms with Crippen LogP contribution in [0.3, 0.4) is 0 Å². The number of methoxy groups -OCH3 is 1. The lowest BCUT2D eigenvalue weighted by molar-refractivity contribution is -0.130. The maximum absolute atomic E-state index is 13.1. The van der Waals surface area contributed by atoms with E-state index in [0.717, 1.165) is 0 Å². The van der Waals surface area contributed by atoms with Crippen molar-refractivity contribution in [3.8, 4) is 0 Å². The summed E-state index contributed by atoms with van der Waals surface area (Å²) in [6.45, 7) is 3.61. The van der Waals surface area contributed by atoms with Gasteiger partial charge < -0.3 is 20.3 Å². The van der Waals surface area contributed by atoms with Gasteiger partial charge >= 0.3 is 0 Å². The Morgan fingerprint density at radius 2 is 1.86 bits per heavy atom. The lowest BCUT2D eigenvalue weighted by atomic mass is 9.88. The number of benzene rings is 1. The van der Waals surface area contributed by atoms with E-state index in [1.165, 1.54) is 31.2 Å². The average molecular weight is 393 g/mol. The molecule has 28 heavy (non-hydrogen) atoms. The summed E-state index contributed by atoms with van der Waals surface area (Å²) in [7, 11) is 1.59. The van der Waals surface area contributed by atoms with Gasteiger partial charge in [-0.2, -0.15) is 0 Å². The second-order valence-electron chi connectivity index (χ2n) is 6.94. The zero-order valence-electron chi connectivity index (χ0n) is 16.4. The molecule has 1 atom stereocenters. The fourth-order valence-electron chi connectivity index (χ4n) is 3.31. The van der Waals surface area contributed by atoms with Crippen LogP contribution in [-0.4, -0.2) is 62.0 Å². The molecule has 2 rings (SSSR count). The van der Waals surface area contributed by atoms with Gasteiger partial charge in [0.1, 0.15) is 11.9 Å². The van der Waals surface area contributed by atoms with E-state index in [0.29, 0.717) is 51.1 Å². The number of hydrogen-bond donors (Lipinski definition) is 2. The van der Waals surface area contributed by atoms with E-state index in [-0.39, 0.29) is 17.7 Å². The Hall–Kier alpha value is -2.48. The van der Waals surface area contributed by atoms with Crippen molar-refractivity contribution in [1.29, 1.82) is 0 Å². The molecular weight excluding hydrogens is 365 g/mol. The Kier molecular flexibility index (Phi) is 8.38. The minimum Gasteiger partial charge on any atom is -0.385 e. The third-order valence-electron chi connectivity index (χ3n) is 4.96. The van der Waals surface area contributed by atoms with Crippen LogP contribution < -0.4 is 10.6 Å². The summed E-state index contributed by atoms with van der Waals surface area (Å²) in [5.41, 5.74) is 0.291. The number of nitrogens with zero attached hydrogens (tertiary/aromatic N) is 1. The first-order valence-corrected chi connectivity index (χ1v) is 9.51. The number of carbonyl (C=O) groups excluding carboxylic acids is 3. The highest BCUT2D eigenvalue weighted by Gasteiger charge is 2.33. The van der Waals surface area contributed by atoms with Crippen molar-refractivity contribution in [2.24, 2.45) is 5.92 Å². The quantitative estimate of drug-likeness (QED) is 0.653. The molecule has 0 bridgehead atoms. The van der Waals surface area contributed by atoms with Crippen LogP contribution in [0, 0.1) is 11.7 Å². The SMILES string of the molecule is COCCCNC(=O)[C@@H](NC(=O)c1ccc(F)cc1)C1CCN(C(C)=O)CC1. The number of rotatable bonds is 8. The molecule has 0 spiro atoms. The van der Waals surface area contributed by atoms with Gasteiger partial charge in [0.2, 0.25) is 11.8 Å². The largest absolute Gasteiger partial charge is 0.385 e. The molecule has 0 radical (unpaired) electrons. The molecule has 8 heteroatoms. The highest BCUT2D eigenvalue weighted by Crippen LogP contribution is 2.21. The number of ether oxygens (including phenoxy) is 1. The molecule has 1 aromatic rings. The van der Waals surface area contributed by atoms with E-state index >= 15 is 0 Å². The Labute approximate surface area is 164 Å². The highest BCUT2D eigenvalue weighted by molar-refractivity contribution is 5.97. The number of carbonyl (C=O) groups is 3. The van der Waals surface area contributed by atoms with Crippen molar-refractivity contribution >= 4 is 17.7 Å². The second-order valence-corrected chi connectivity index (χ2v) is 6.94. The molecule has 0 aromatic heterocycles. The maximum Gasteiger partial charge on any atom is 0.251 e. The smallest absolute Gasteiger partial charge is 0.251 e. The lowest BCUT2D eigenvalue weighted by Gasteiger charge is -2.35. The lowest BCUT2D eigenvalue weighted by Crippen LogP contribution is -2.53. The average Bonchev–Trinajstić information content (AvgIpc) is 2.69. The van der Waals surface area contributed by atoms with Crippen molar-refractivity contribution in [2.45, 2.75) is 32.2 Å². The summed E-state index contributed by atoms with van der Waals surface area (Å²) in [4.78, 5) is 38.6. The number of nitrogens with one attached hydrogen (secondary N) is 2. The molecule has 1 aliphatic rings. The van der Waals surface area contributed by atoms with Crippen LogP contribution in [0.4, 0.5) is 4.39 Å². The number of amides is 3. The molecule has 1 saturated heterocycles. The van der Waals surface area contributed by atoms with E-state index in [2.05, 4.69) is 10.6 Å². The molecule has 1 fully saturated rings. The predicted molar refractivity (Wildman–Crippen MR) is 102 cm³/mol. The molecule has 1 heterocycles. The Bertz CT molecular complexity index is 673. The highest BCUT2D eigenvalue weighted by atomic mass is 19.1. The van der Waals surface area contributed by atoms with Crippen LogP contribution in [0.25, 0.3) is 0 Å². The first-order valence-electron chi connectivity index (χ1n) is 9.51. The number of halogens is 1. The van der Waals surface area contributed by atoms with Gasteiger partial charge in [-0.3, -0.25) is 14.4 Å². The van der Waals surface area contributed by atoms with Gasteiger partial charge in [-0.1, -0.05) is 0 Å². The van der Waals surface area contributed by atoms with Crippen LogP contribution in [0.2, 0.25) is 0 Å². The molecule has 7 nitrogen and oxygen atoms in total.